The van der Waals surface area contributed by atoms with E-state index < -0.39 is 0 Å². The topological polar surface area (TPSA) is 25.8 Å². The maximum atomic E-state index is 5.09. The Balaban J connectivity index is 1.08. The molecule has 2 aliphatic carbocycles. The molecule has 0 bridgehead atoms. The molecule has 0 spiro atoms. The third-order valence-electron chi connectivity index (χ3n) is 11.8. The first-order valence-corrected chi connectivity index (χ1v) is 20.1. The quantitative estimate of drug-likeness (QED) is 0.159. The molecule has 0 radical (unpaired) electrons. The van der Waals surface area contributed by atoms with E-state index in [1.54, 1.807) is 0 Å². The van der Waals surface area contributed by atoms with Crippen molar-refractivity contribution >= 4 is 37.9 Å². The minimum absolute atomic E-state index is 0.376. The van der Waals surface area contributed by atoms with E-state index in [1.807, 2.05) is 24.3 Å². The van der Waals surface area contributed by atoms with Gasteiger partial charge in [-0.2, -0.15) is 0 Å². The van der Waals surface area contributed by atoms with Gasteiger partial charge in [-0.3, -0.25) is 0 Å². The fourth-order valence-electron chi connectivity index (χ4n) is 8.91. The van der Waals surface area contributed by atoms with Crippen molar-refractivity contribution in [1.82, 2.24) is 9.97 Å². The minimum atomic E-state index is 0.376. The summed E-state index contributed by atoms with van der Waals surface area (Å²) in [6.45, 7) is 0. The summed E-state index contributed by atoms with van der Waals surface area (Å²) < 4.78 is 0. The van der Waals surface area contributed by atoms with Crippen LogP contribution >= 0.6 is 0 Å². The van der Waals surface area contributed by atoms with E-state index in [-0.39, 0.29) is 0 Å². The third kappa shape index (κ3) is 6.07. The molecule has 0 amide bonds. The van der Waals surface area contributed by atoms with Crippen LogP contribution in [0.15, 0.2) is 218 Å². The van der Waals surface area contributed by atoms with Gasteiger partial charge in [-0.1, -0.05) is 194 Å². The lowest BCUT2D eigenvalue weighted by Gasteiger charge is -2.26. The van der Waals surface area contributed by atoms with Crippen LogP contribution in [0.2, 0.25) is 0 Å². The van der Waals surface area contributed by atoms with Crippen molar-refractivity contribution in [2.75, 3.05) is 0 Å². The maximum absolute atomic E-state index is 5.09. The summed E-state index contributed by atoms with van der Waals surface area (Å²) in [4.78, 5) is 10.1. The van der Waals surface area contributed by atoms with Crippen molar-refractivity contribution in [3.8, 4) is 56.2 Å². The van der Waals surface area contributed by atoms with Crippen molar-refractivity contribution in [3.63, 3.8) is 0 Å². The van der Waals surface area contributed by atoms with Gasteiger partial charge in [0.1, 0.15) is 0 Å². The first-order chi connectivity index (χ1) is 28.7. The van der Waals surface area contributed by atoms with Gasteiger partial charge in [-0.05, 0) is 95.9 Å². The zero-order chi connectivity index (χ0) is 38.4. The molecule has 1 unspecified atom stereocenters. The molecular weight excluding hydrogens is 701 g/mol. The Bertz CT molecular complexity index is 3110. The van der Waals surface area contributed by atoms with E-state index >= 15 is 0 Å². The smallest absolute Gasteiger partial charge is 0.160 e. The number of allylic oxidation sites excluding steroid dienone is 8. The van der Waals surface area contributed by atoms with Gasteiger partial charge in [0.25, 0.3) is 0 Å². The maximum Gasteiger partial charge on any atom is 0.160 e. The van der Waals surface area contributed by atoms with E-state index in [0.29, 0.717) is 5.92 Å². The molecule has 0 saturated heterocycles. The number of hydrogen-bond donors (Lipinski definition) is 0. The number of rotatable bonds is 6. The summed E-state index contributed by atoms with van der Waals surface area (Å²) in [7, 11) is 0. The fourth-order valence-corrected chi connectivity index (χ4v) is 8.91. The van der Waals surface area contributed by atoms with Crippen LogP contribution < -0.4 is 0 Å². The Morgan fingerprint density at radius 1 is 0.397 bits per heavy atom. The molecular formula is C56H38N2. The van der Waals surface area contributed by atoms with Crippen LogP contribution in [0.4, 0.5) is 0 Å². The van der Waals surface area contributed by atoms with Crippen LogP contribution in [0.3, 0.4) is 0 Å². The molecule has 11 rings (SSSR count). The Kier molecular flexibility index (Phi) is 8.33. The molecule has 2 nitrogen and oxygen atoms in total. The highest BCUT2D eigenvalue weighted by molar-refractivity contribution is 6.20. The summed E-state index contributed by atoms with van der Waals surface area (Å²) in [5.74, 6) is 1.09. The molecule has 9 aromatic rings. The molecule has 272 valence electrons. The van der Waals surface area contributed by atoms with Crippen molar-refractivity contribution < 1.29 is 0 Å². The lowest BCUT2D eigenvalue weighted by molar-refractivity contribution is 0.794. The molecule has 1 aromatic heterocycles. The number of nitrogens with zero attached hydrogens (tertiary/aromatic N) is 2. The highest BCUT2D eigenvalue weighted by Crippen LogP contribution is 2.46. The van der Waals surface area contributed by atoms with Crippen LogP contribution in [0.1, 0.15) is 12.0 Å². The molecule has 0 aliphatic heterocycles. The van der Waals surface area contributed by atoms with Gasteiger partial charge < -0.3 is 0 Å². The van der Waals surface area contributed by atoms with Crippen molar-refractivity contribution in [2.45, 2.75) is 6.42 Å². The van der Waals surface area contributed by atoms with E-state index in [0.717, 1.165) is 45.9 Å². The molecule has 8 aromatic carbocycles. The molecule has 58 heavy (non-hydrogen) atoms. The lowest BCUT2D eigenvalue weighted by atomic mass is 9.78. The number of hydrogen-bond acceptors (Lipinski definition) is 2. The summed E-state index contributed by atoms with van der Waals surface area (Å²) in [6.07, 6.45) is 14.6. The molecule has 2 aliphatic rings. The van der Waals surface area contributed by atoms with E-state index in [9.17, 15) is 0 Å². The molecule has 0 saturated carbocycles. The van der Waals surface area contributed by atoms with E-state index in [4.69, 9.17) is 9.97 Å². The van der Waals surface area contributed by atoms with E-state index in [1.165, 1.54) is 65.7 Å². The van der Waals surface area contributed by atoms with Crippen molar-refractivity contribution in [1.29, 1.82) is 0 Å². The molecule has 2 heteroatoms. The number of aromatic nitrogens is 2. The largest absolute Gasteiger partial charge is 0.228 e. The van der Waals surface area contributed by atoms with Gasteiger partial charge >= 0.3 is 0 Å². The second-order valence-electron chi connectivity index (χ2n) is 15.3. The van der Waals surface area contributed by atoms with Crippen LogP contribution in [-0.2, 0) is 0 Å². The van der Waals surface area contributed by atoms with Gasteiger partial charge in [0.15, 0.2) is 5.82 Å². The Labute approximate surface area is 338 Å². The van der Waals surface area contributed by atoms with Gasteiger partial charge in [-0.15, -0.1) is 0 Å². The Hall–Kier alpha value is -7.42. The second kappa shape index (κ2) is 14.3. The van der Waals surface area contributed by atoms with Gasteiger partial charge in [0, 0.05) is 22.6 Å². The van der Waals surface area contributed by atoms with E-state index in [2.05, 4.69) is 188 Å². The first kappa shape index (κ1) is 33.9. The van der Waals surface area contributed by atoms with Gasteiger partial charge in [-0.25, -0.2) is 9.97 Å². The number of fused-ring (bicyclic) bond motifs is 4. The SMILES string of the molecule is C1=CC2=CC=C(c3c4ccccc4c(-c4ccc5ccccc5c4)c4ccc(-c5ccc(-c6cc(-c7ccccc7)nc(-c7ccccc7)n6)cc5)cc34)CC2C=C1. The third-order valence-corrected chi connectivity index (χ3v) is 11.8. The standard InChI is InChI=1S/C56H38N2/c1-3-15-40(16-4-1)52-36-53(58-56(57-52)42-17-5-2-6-18-42)41-27-23-39(24-28-41)45-31-32-50-51(35-45)55(47-30-26-38-14-8-10-20-44(38)34-47)49-22-12-11-21-48(49)54(50)46-29-25-37-13-7-9-19-43(37)33-46/h1-33,35-36,44H,34H2. The van der Waals surface area contributed by atoms with Crippen LogP contribution in [0.25, 0.3) is 94.0 Å². The highest BCUT2D eigenvalue weighted by atomic mass is 14.9. The normalized spacial score (nSPS) is 14.7. The van der Waals surface area contributed by atoms with Crippen molar-refractivity contribution in [2.24, 2.45) is 5.92 Å². The van der Waals surface area contributed by atoms with Crippen LogP contribution in [0.5, 0.6) is 0 Å². The lowest BCUT2D eigenvalue weighted by Crippen LogP contribution is -2.07. The van der Waals surface area contributed by atoms with Crippen LogP contribution in [0, 0.1) is 5.92 Å². The van der Waals surface area contributed by atoms with Gasteiger partial charge in [0.2, 0.25) is 0 Å². The molecule has 1 atom stereocenters. The summed E-state index contributed by atoms with van der Waals surface area (Å²) in [5, 5.41) is 7.61. The minimum Gasteiger partial charge on any atom is -0.228 e. The second-order valence-corrected chi connectivity index (χ2v) is 15.3. The first-order valence-electron chi connectivity index (χ1n) is 20.1. The summed E-state index contributed by atoms with van der Waals surface area (Å²) >= 11 is 0. The fraction of sp³-hybridized carbons (Fsp3) is 0.0357. The number of benzene rings is 8. The molecule has 1 heterocycles. The molecule has 0 N–H and O–H groups in total. The Morgan fingerprint density at radius 3 is 1.78 bits per heavy atom. The van der Waals surface area contributed by atoms with Crippen molar-refractivity contribution in [3.05, 3.63) is 224 Å². The summed E-state index contributed by atoms with van der Waals surface area (Å²) in [5.41, 5.74) is 13.9. The Morgan fingerprint density at radius 2 is 1.00 bits per heavy atom. The zero-order valence-corrected chi connectivity index (χ0v) is 31.9. The predicted octanol–water partition coefficient (Wildman–Crippen LogP) is 14.7. The van der Waals surface area contributed by atoms with Crippen LogP contribution in [-0.4, -0.2) is 9.97 Å². The zero-order valence-electron chi connectivity index (χ0n) is 31.9. The highest BCUT2D eigenvalue weighted by Gasteiger charge is 2.23. The average molecular weight is 739 g/mol. The average Bonchev–Trinajstić information content (AvgIpc) is 3.30. The predicted molar refractivity (Wildman–Crippen MR) is 244 cm³/mol. The van der Waals surface area contributed by atoms with Gasteiger partial charge in [0.05, 0.1) is 11.4 Å². The summed E-state index contributed by atoms with van der Waals surface area (Å²) in [6, 6.07) is 63.2. The monoisotopic (exact) mass is 738 g/mol. The molecule has 0 fully saturated rings.